The van der Waals surface area contributed by atoms with Crippen LogP contribution in [0.4, 0.5) is 0 Å². The van der Waals surface area contributed by atoms with Gasteiger partial charge >= 0.3 is 11.7 Å². The number of fused-ring (bicyclic) bond motifs is 1. The second-order valence-electron chi connectivity index (χ2n) is 4.10. The quantitative estimate of drug-likeness (QED) is 0.720. The van der Waals surface area contributed by atoms with E-state index in [0.29, 0.717) is 16.8 Å². The third-order valence-electron chi connectivity index (χ3n) is 2.92. The van der Waals surface area contributed by atoms with E-state index in [0.717, 1.165) is 5.52 Å². The van der Waals surface area contributed by atoms with Crippen molar-refractivity contribution in [1.29, 1.82) is 0 Å². The number of carboxylic acids is 1. The van der Waals surface area contributed by atoms with Crippen molar-refractivity contribution in [1.82, 2.24) is 14.7 Å². The number of carboxylic acid groups (broad SMARTS) is 1. The Morgan fingerprint density at radius 1 is 1.42 bits per heavy atom. The number of aryl methyl sites for hydroxylation is 1. The molecule has 0 bridgehead atoms. The minimum Gasteiger partial charge on any atom is -0.476 e. The van der Waals surface area contributed by atoms with Crippen LogP contribution < -0.4 is 5.69 Å². The first kappa shape index (κ1) is 11.3. The maximum absolute atomic E-state index is 11.5. The Balaban J connectivity index is 2.14. The lowest BCUT2D eigenvalue weighted by Gasteiger charge is -1.96. The molecule has 96 valence electrons. The summed E-state index contributed by atoms with van der Waals surface area (Å²) in [7, 11) is 1.66. The Hall–Kier alpha value is -2.83. The Morgan fingerprint density at radius 2 is 2.21 bits per heavy atom. The summed E-state index contributed by atoms with van der Waals surface area (Å²) < 4.78 is 6.46. The standard InChI is InChI=1S/C12H9N3O4/c1-15-9-3-2-6(4-7(9)13-12(15)18)10-5-8(11(16)17)14-19-10/h2-5H,1H3,(H,13,18)(H,16,17). The van der Waals surface area contributed by atoms with Crippen LogP contribution in [0.1, 0.15) is 10.5 Å². The zero-order valence-electron chi connectivity index (χ0n) is 9.88. The first-order valence-electron chi connectivity index (χ1n) is 5.45. The number of H-pyrrole nitrogens is 1. The van der Waals surface area contributed by atoms with E-state index >= 15 is 0 Å². The lowest BCUT2D eigenvalue weighted by molar-refractivity contribution is 0.0686. The van der Waals surface area contributed by atoms with Gasteiger partial charge in [0, 0.05) is 18.7 Å². The molecular formula is C12H9N3O4. The molecule has 0 aliphatic carbocycles. The highest BCUT2D eigenvalue weighted by Gasteiger charge is 2.13. The van der Waals surface area contributed by atoms with Gasteiger partial charge in [0.1, 0.15) is 0 Å². The lowest BCUT2D eigenvalue weighted by Crippen LogP contribution is -2.11. The number of imidazole rings is 1. The minimum atomic E-state index is -1.15. The van der Waals surface area contributed by atoms with Gasteiger partial charge in [-0.25, -0.2) is 9.59 Å². The zero-order chi connectivity index (χ0) is 13.6. The topological polar surface area (TPSA) is 101 Å². The molecule has 0 aliphatic rings. The highest BCUT2D eigenvalue weighted by atomic mass is 16.5. The van der Waals surface area contributed by atoms with Gasteiger partial charge in [0.15, 0.2) is 11.5 Å². The van der Waals surface area contributed by atoms with Gasteiger partial charge in [-0.2, -0.15) is 0 Å². The molecule has 0 atom stereocenters. The molecule has 7 nitrogen and oxygen atoms in total. The van der Waals surface area contributed by atoms with Gasteiger partial charge in [0.2, 0.25) is 0 Å². The van der Waals surface area contributed by atoms with Crippen LogP contribution in [-0.2, 0) is 7.05 Å². The van der Waals surface area contributed by atoms with Crippen LogP contribution in [0.25, 0.3) is 22.4 Å². The third kappa shape index (κ3) is 1.71. The maximum atomic E-state index is 11.5. The van der Waals surface area contributed by atoms with Crippen LogP contribution in [0.2, 0.25) is 0 Å². The van der Waals surface area contributed by atoms with Crippen molar-refractivity contribution in [3.05, 3.63) is 40.4 Å². The molecule has 0 saturated heterocycles. The van der Waals surface area contributed by atoms with Crippen LogP contribution in [0, 0.1) is 0 Å². The molecule has 2 aromatic heterocycles. The van der Waals surface area contributed by atoms with Crippen molar-refractivity contribution in [3.63, 3.8) is 0 Å². The summed E-state index contributed by atoms with van der Waals surface area (Å²) in [6.45, 7) is 0. The van der Waals surface area contributed by atoms with Crippen molar-refractivity contribution in [2.45, 2.75) is 0 Å². The van der Waals surface area contributed by atoms with Gasteiger partial charge < -0.3 is 14.6 Å². The smallest absolute Gasteiger partial charge is 0.358 e. The average Bonchev–Trinajstić information content (AvgIpc) is 2.96. The first-order chi connectivity index (χ1) is 9.06. The maximum Gasteiger partial charge on any atom is 0.358 e. The minimum absolute atomic E-state index is 0.156. The lowest BCUT2D eigenvalue weighted by atomic mass is 10.1. The Bertz CT molecular complexity index is 840. The molecule has 2 N–H and O–H groups in total. The van der Waals surface area contributed by atoms with Crippen LogP contribution >= 0.6 is 0 Å². The normalized spacial score (nSPS) is 11.0. The number of benzene rings is 1. The van der Waals surface area contributed by atoms with Crippen LogP contribution in [0.15, 0.2) is 33.6 Å². The number of nitrogens with zero attached hydrogens (tertiary/aromatic N) is 2. The van der Waals surface area contributed by atoms with E-state index in [1.807, 2.05) is 0 Å². The van der Waals surface area contributed by atoms with E-state index in [9.17, 15) is 9.59 Å². The molecule has 7 heteroatoms. The molecule has 0 saturated carbocycles. The molecule has 0 unspecified atom stereocenters. The Kier molecular flexibility index (Phi) is 2.28. The number of aromatic nitrogens is 3. The highest BCUT2D eigenvalue weighted by Crippen LogP contribution is 2.23. The summed E-state index contributed by atoms with van der Waals surface area (Å²) in [5.41, 5.74) is 1.69. The predicted molar refractivity (Wildman–Crippen MR) is 66.0 cm³/mol. The highest BCUT2D eigenvalue weighted by molar-refractivity contribution is 5.87. The van der Waals surface area contributed by atoms with E-state index in [4.69, 9.17) is 9.63 Å². The van der Waals surface area contributed by atoms with Crippen molar-refractivity contribution >= 4 is 17.0 Å². The second-order valence-corrected chi connectivity index (χ2v) is 4.10. The van der Waals surface area contributed by atoms with E-state index in [1.165, 1.54) is 10.6 Å². The number of aromatic amines is 1. The summed E-state index contributed by atoms with van der Waals surface area (Å²) in [5, 5.41) is 12.2. The van der Waals surface area contributed by atoms with Gasteiger partial charge in [-0.1, -0.05) is 5.16 Å². The monoisotopic (exact) mass is 259 g/mol. The van der Waals surface area contributed by atoms with Gasteiger partial charge in [0.25, 0.3) is 0 Å². The van der Waals surface area contributed by atoms with E-state index in [1.54, 1.807) is 25.2 Å². The molecule has 0 aliphatic heterocycles. The first-order valence-corrected chi connectivity index (χ1v) is 5.45. The SMILES string of the molecule is Cn1c(=O)[nH]c2cc(-c3cc(C(=O)O)no3)ccc21. The predicted octanol–water partition coefficient (Wildman–Crippen LogP) is 1.22. The molecule has 2 heterocycles. The summed E-state index contributed by atoms with van der Waals surface area (Å²) in [5.74, 6) is -0.812. The fraction of sp³-hybridized carbons (Fsp3) is 0.0833. The number of hydrogen-bond donors (Lipinski definition) is 2. The Labute approximate surface area is 106 Å². The molecule has 0 fully saturated rings. The molecule has 3 aromatic rings. The van der Waals surface area contributed by atoms with E-state index in [2.05, 4.69) is 10.1 Å². The summed E-state index contributed by atoms with van der Waals surface area (Å²) in [4.78, 5) is 24.9. The number of hydrogen-bond acceptors (Lipinski definition) is 4. The van der Waals surface area contributed by atoms with Gasteiger partial charge in [-0.05, 0) is 18.2 Å². The molecule has 3 rings (SSSR count). The number of aromatic carboxylic acids is 1. The van der Waals surface area contributed by atoms with Gasteiger partial charge in [-0.15, -0.1) is 0 Å². The van der Waals surface area contributed by atoms with Crippen molar-refractivity contribution in [2.75, 3.05) is 0 Å². The van der Waals surface area contributed by atoms with Crippen LogP contribution in [0.3, 0.4) is 0 Å². The van der Waals surface area contributed by atoms with Gasteiger partial charge in [-0.3, -0.25) is 4.57 Å². The van der Waals surface area contributed by atoms with Crippen molar-refractivity contribution in [2.24, 2.45) is 7.05 Å². The van der Waals surface area contributed by atoms with Crippen molar-refractivity contribution < 1.29 is 14.4 Å². The van der Waals surface area contributed by atoms with E-state index < -0.39 is 5.97 Å². The molecule has 19 heavy (non-hydrogen) atoms. The molecule has 1 aromatic carbocycles. The Morgan fingerprint density at radius 3 is 2.89 bits per heavy atom. The number of carbonyl (C=O) groups is 1. The number of rotatable bonds is 2. The number of nitrogens with one attached hydrogen (secondary N) is 1. The van der Waals surface area contributed by atoms with Crippen molar-refractivity contribution in [3.8, 4) is 11.3 Å². The zero-order valence-corrected chi connectivity index (χ0v) is 9.88. The summed E-state index contributed by atoms with van der Waals surface area (Å²) in [6, 6.07) is 6.54. The molecular weight excluding hydrogens is 250 g/mol. The largest absolute Gasteiger partial charge is 0.476 e. The summed E-state index contributed by atoms with van der Waals surface area (Å²) >= 11 is 0. The third-order valence-corrected chi connectivity index (χ3v) is 2.92. The molecule has 0 spiro atoms. The fourth-order valence-electron chi connectivity index (χ4n) is 1.90. The van der Waals surface area contributed by atoms with Crippen LogP contribution in [0.5, 0.6) is 0 Å². The molecule has 0 amide bonds. The average molecular weight is 259 g/mol. The van der Waals surface area contributed by atoms with Gasteiger partial charge in [0.05, 0.1) is 11.0 Å². The second kappa shape index (κ2) is 3.84. The fourth-order valence-corrected chi connectivity index (χ4v) is 1.90. The van der Waals surface area contributed by atoms with E-state index in [-0.39, 0.29) is 11.4 Å². The summed E-state index contributed by atoms with van der Waals surface area (Å²) in [6.07, 6.45) is 0. The van der Waals surface area contributed by atoms with Crippen LogP contribution in [-0.4, -0.2) is 25.8 Å². The molecule has 0 radical (unpaired) electrons.